The molecule has 0 aromatic carbocycles. The minimum Gasteiger partial charge on any atom is -0.428 e. The van der Waals surface area contributed by atoms with E-state index in [1.807, 2.05) is 0 Å². The molecule has 14 heteroatoms. The molecule has 1 saturated heterocycles. The Bertz CT molecular complexity index is 1080. The van der Waals surface area contributed by atoms with Gasteiger partial charge in [-0.2, -0.15) is 0 Å². The average Bonchev–Trinajstić information content (AvgIpc) is 3.24. The monoisotopic (exact) mass is 509 g/mol. The van der Waals surface area contributed by atoms with Gasteiger partial charge < -0.3 is 25.4 Å². The third-order valence-electron chi connectivity index (χ3n) is 4.75. The lowest BCUT2D eigenvalue weighted by atomic mass is 10.0. The number of hydrogen-bond acceptors (Lipinski definition) is 12. The number of aromatic nitrogens is 1. The third-order valence-corrected chi connectivity index (χ3v) is 6.73. The number of nitrogens with zero attached hydrogens (tertiary/aromatic N) is 3. The summed E-state index contributed by atoms with van der Waals surface area (Å²) in [6.45, 7) is 6.39. The SMILES string of the molecule is C=CC1=C(C(=O)OCOC(=O)C(C)C)N2C(=O)C(NC(=O)/C(=N\OC)c3csc(N)n3)[C@H]2SC1. The number of thioether (sulfide) groups is 1. The van der Waals surface area contributed by atoms with Crippen molar-refractivity contribution in [3.63, 3.8) is 0 Å². The first-order chi connectivity index (χ1) is 16.2. The fourth-order valence-electron chi connectivity index (χ4n) is 3.07. The number of anilines is 1. The zero-order chi connectivity index (χ0) is 25.0. The number of carbonyl (C=O) groups excluding carboxylic acids is 4. The van der Waals surface area contributed by atoms with E-state index in [9.17, 15) is 19.2 Å². The van der Waals surface area contributed by atoms with Gasteiger partial charge in [0.05, 0.1) is 5.92 Å². The predicted octanol–water partition coefficient (Wildman–Crippen LogP) is 0.616. The van der Waals surface area contributed by atoms with Crippen molar-refractivity contribution in [2.45, 2.75) is 25.3 Å². The van der Waals surface area contributed by atoms with Crippen molar-refractivity contribution in [1.82, 2.24) is 15.2 Å². The molecule has 0 bridgehead atoms. The minimum absolute atomic E-state index is 0.00657. The van der Waals surface area contributed by atoms with Crippen LogP contribution in [-0.2, 0) is 33.5 Å². The molecule has 2 aliphatic heterocycles. The Balaban J connectivity index is 1.71. The van der Waals surface area contributed by atoms with Gasteiger partial charge in [0.25, 0.3) is 11.8 Å². The van der Waals surface area contributed by atoms with E-state index in [-0.39, 0.29) is 28.2 Å². The Morgan fingerprint density at radius 1 is 1.41 bits per heavy atom. The molecule has 182 valence electrons. The molecule has 34 heavy (non-hydrogen) atoms. The number of β-lactam (4-membered cyclic amide) rings is 1. The lowest BCUT2D eigenvalue weighted by Gasteiger charge is -2.49. The largest absolute Gasteiger partial charge is 0.428 e. The van der Waals surface area contributed by atoms with Crippen LogP contribution in [-0.4, -0.2) is 70.4 Å². The van der Waals surface area contributed by atoms with Crippen LogP contribution in [0.15, 0.2) is 34.5 Å². The average molecular weight is 510 g/mol. The number of nitrogen functional groups attached to an aromatic ring is 1. The van der Waals surface area contributed by atoms with Crippen LogP contribution >= 0.6 is 23.1 Å². The first kappa shape index (κ1) is 25.2. The smallest absolute Gasteiger partial charge is 0.358 e. The Morgan fingerprint density at radius 2 is 2.15 bits per heavy atom. The second-order valence-electron chi connectivity index (χ2n) is 7.30. The van der Waals surface area contributed by atoms with Crippen molar-refractivity contribution in [3.05, 3.63) is 35.0 Å². The standard InChI is InChI=1S/C20H23N5O7S2/c1-5-10-6-33-17-13(23-15(26)12(24-30-4)11-7-34-20(21)22-11)16(27)25(17)14(10)19(29)32-8-31-18(28)9(2)3/h5,7,9,13,17H,1,6,8H2,2-4H3,(H2,21,22)(H,23,26)/b24-12-/t13?,17-/m1/s1. The molecule has 1 aromatic rings. The number of carbonyl (C=O) groups is 4. The first-order valence-electron chi connectivity index (χ1n) is 9.97. The van der Waals surface area contributed by atoms with E-state index in [0.717, 1.165) is 11.3 Å². The van der Waals surface area contributed by atoms with Crippen LogP contribution < -0.4 is 11.1 Å². The zero-order valence-corrected chi connectivity index (χ0v) is 20.2. The topological polar surface area (TPSA) is 163 Å². The number of rotatable bonds is 9. The zero-order valence-electron chi connectivity index (χ0n) is 18.6. The number of hydrogen-bond donors (Lipinski definition) is 2. The number of nitrogens with one attached hydrogen (secondary N) is 1. The number of thiazole rings is 1. The molecule has 2 amide bonds. The Morgan fingerprint density at radius 3 is 2.74 bits per heavy atom. The van der Waals surface area contributed by atoms with E-state index in [2.05, 4.69) is 22.0 Å². The second-order valence-corrected chi connectivity index (χ2v) is 9.29. The van der Waals surface area contributed by atoms with E-state index in [0.29, 0.717) is 11.3 Å². The quantitative estimate of drug-likeness (QED) is 0.159. The highest BCUT2D eigenvalue weighted by Gasteiger charge is 2.54. The lowest BCUT2D eigenvalue weighted by Crippen LogP contribution is -2.71. The molecule has 0 spiro atoms. The number of oxime groups is 1. The molecule has 0 saturated carbocycles. The maximum Gasteiger partial charge on any atom is 0.358 e. The van der Waals surface area contributed by atoms with Crippen molar-refractivity contribution in [3.8, 4) is 0 Å². The minimum atomic E-state index is -0.927. The molecule has 1 unspecified atom stereocenters. The summed E-state index contributed by atoms with van der Waals surface area (Å²) in [4.78, 5) is 60.0. The molecular formula is C20H23N5O7S2. The molecular weight excluding hydrogens is 486 g/mol. The predicted molar refractivity (Wildman–Crippen MR) is 124 cm³/mol. The van der Waals surface area contributed by atoms with E-state index in [4.69, 9.17) is 20.0 Å². The molecule has 1 fully saturated rings. The number of ether oxygens (including phenoxy) is 2. The van der Waals surface area contributed by atoms with Gasteiger partial charge in [-0.3, -0.25) is 19.3 Å². The molecule has 2 atom stereocenters. The van der Waals surface area contributed by atoms with Crippen LogP contribution in [0.25, 0.3) is 0 Å². The fraction of sp³-hybridized carbons (Fsp3) is 0.400. The van der Waals surface area contributed by atoms with Gasteiger partial charge in [-0.05, 0) is 5.57 Å². The molecule has 3 heterocycles. The van der Waals surface area contributed by atoms with Gasteiger partial charge in [0.2, 0.25) is 6.79 Å². The van der Waals surface area contributed by atoms with Crippen LogP contribution in [0.2, 0.25) is 0 Å². The summed E-state index contributed by atoms with van der Waals surface area (Å²) >= 11 is 2.46. The van der Waals surface area contributed by atoms with Gasteiger partial charge in [-0.15, -0.1) is 23.1 Å². The van der Waals surface area contributed by atoms with Gasteiger partial charge in [-0.1, -0.05) is 31.7 Å². The normalized spacial score (nSPS) is 19.8. The summed E-state index contributed by atoms with van der Waals surface area (Å²) in [5.41, 5.74) is 6.17. The van der Waals surface area contributed by atoms with Crippen molar-refractivity contribution >= 4 is 57.7 Å². The van der Waals surface area contributed by atoms with Gasteiger partial charge in [-0.25, -0.2) is 9.78 Å². The molecule has 3 N–H and O–H groups in total. The summed E-state index contributed by atoms with van der Waals surface area (Å²) in [6.07, 6.45) is 1.45. The number of amides is 2. The van der Waals surface area contributed by atoms with Crippen LogP contribution in [0.5, 0.6) is 0 Å². The Hall–Kier alpha value is -3.39. The summed E-state index contributed by atoms with van der Waals surface area (Å²) in [5.74, 6) is -2.61. The molecule has 0 radical (unpaired) electrons. The van der Waals surface area contributed by atoms with E-state index >= 15 is 0 Å². The molecule has 12 nitrogen and oxygen atoms in total. The Labute approximate surface area is 203 Å². The summed E-state index contributed by atoms with van der Waals surface area (Å²) < 4.78 is 9.92. The molecule has 0 aliphatic carbocycles. The van der Waals surface area contributed by atoms with E-state index in [1.54, 1.807) is 13.8 Å². The van der Waals surface area contributed by atoms with Crippen molar-refractivity contribution in [2.24, 2.45) is 11.1 Å². The number of fused-ring (bicyclic) bond motifs is 1. The maximum atomic E-state index is 12.9. The van der Waals surface area contributed by atoms with Gasteiger partial charge in [0, 0.05) is 11.1 Å². The fourth-order valence-corrected chi connectivity index (χ4v) is 4.95. The van der Waals surface area contributed by atoms with E-state index < -0.39 is 42.0 Å². The summed E-state index contributed by atoms with van der Waals surface area (Å²) in [5, 5.41) is 7.53. The van der Waals surface area contributed by atoms with E-state index in [1.165, 1.54) is 35.2 Å². The molecule has 2 aliphatic rings. The van der Waals surface area contributed by atoms with Gasteiger partial charge in [0.1, 0.15) is 29.9 Å². The van der Waals surface area contributed by atoms with Crippen LogP contribution in [0.3, 0.4) is 0 Å². The highest BCUT2D eigenvalue weighted by atomic mass is 32.2. The first-order valence-corrected chi connectivity index (χ1v) is 11.9. The number of allylic oxidation sites excluding steroid dienone is 1. The summed E-state index contributed by atoms with van der Waals surface area (Å²) in [6, 6.07) is -0.927. The van der Waals surface area contributed by atoms with Gasteiger partial charge >= 0.3 is 11.9 Å². The van der Waals surface area contributed by atoms with Gasteiger partial charge in [0.15, 0.2) is 10.8 Å². The maximum absolute atomic E-state index is 12.9. The number of nitrogens with two attached hydrogens (primary N) is 1. The van der Waals surface area contributed by atoms with Crippen LogP contribution in [0.4, 0.5) is 5.13 Å². The summed E-state index contributed by atoms with van der Waals surface area (Å²) in [7, 11) is 1.27. The lowest BCUT2D eigenvalue weighted by molar-refractivity contribution is -0.170. The van der Waals surface area contributed by atoms with Crippen molar-refractivity contribution in [1.29, 1.82) is 0 Å². The number of esters is 2. The second kappa shape index (κ2) is 10.7. The highest BCUT2D eigenvalue weighted by molar-refractivity contribution is 8.00. The van der Waals surface area contributed by atoms with Crippen molar-refractivity contribution in [2.75, 3.05) is 25.4 Å². The highest BCUT2D eigenvalue weighted by Crippen LogP contribution is 2.41. The van der Waals surface area contributed by atoms with Crippen molar-refractivity contribution < 1.29 is 33.5 Å². The Kier molecular flexibility index (Phi) is 7.94. The van der Waals surface area contributed by atoms with Crippen LogP contribution in [0.1, 0.15) is 19.5 Å². The van der Waals surface area contributed by atoms with Crippen LogP contribution in [0, 0.1) is 5.92 Å². The third kappa shape index (κ3) is 5.07. The molecule has 1 aromatic heterocycles. The molecule has 3 rings (SSSR count).